The van der Waals surface area contributed by atoms with Gasteiger partial charge in [-0.25, -0.2) is 0 Å². The van der Waals surface area contributed by atoms with E-state index in [9.17, 15) is 4.79 Å². The molecule has 0 bridgehead atoms. The highest BCUT2D eigenvalue weighted by Crippen LogP contribution is 2.41. The first-order valence-corrected chi connectivity index (χ1v) is 7.19. The van der Waals surface area contributed by atoms with Crippen molar-refractivity contribution in [3.63, 3.8) is 0 Å². The van der Waals surface area contributed by atoms with Gasteiger partial charge < -0.3 is 4.74 Å². The lowest BCUT2D eigenvalue weighted by Gasteiger charge is -2.37. The Morgan fingerprint density at radius 3 is 2.74 bits per heavy atom. The summed E-state index contributed by atoms with van der Waals surface area (Å²) in [6.45, 7) is 4.47. The van der Waals surface area contributed by atoms with E-state index in [0.29, 0.717) is 12.2 Å². The second-order valence-corrected chi connectivity index (χ2v) is 6.24. The maximum Gasteiger partial charge on any atom is 0.141 e. The molecule has 0 N–H and O–H groups in total. The van der Waals surface area contributed by atoms with Crippen LogP contribution in [-0.4, -0.2) is 12.9 Å². The maximum atomic E-state index is 12.6. The molecular weight excluding hydrogens is 236 g/mol. The standard InChI is InChI=1S/C17H24O2/c1-17(2)11-7-6-9-14(17)15(18)12-13-8-4-5-10-16(13)19-3/h4-5,8,10,14H,6-7,9,11-12H2,1-3H3. The van der Waals surface area contributed by atoms with Crippen LogP contribution < -0.4 is 4.74 Å². The van der Waals surface area contributed by atoms with Gasteiger partial charge in [0.15, 0.2) is 0 Å². The molecule has 2 nitrogen and oxygen atoms in total. The number of methoxy groups -OCH3 is 1. The number of hydrogen-bond donors (Lipinski definition) is 0. The molecule has 1 aliphatic rings. The Morgan fingerprint density at radius 1 is 1.32 bits per heavy atom. The Bertz CT molecular complexity index is 448. The van der Waals surface area contributed by atoms with Gasteiger partial charge >= 0.3 is 0 Å². The fraction of sp³-hybridized carbons (Fsp3) is 0.588. The van der Waals surface area contributed by atoms with Gasteiger partial charge in [-0.1, -0.05) is 44.9 Å². The molecule has 1 aliphatic carbocycles. The lowest BCUT2D eigenvalue weighted by Crippen LogP contribution is -2.34. The molecule has 0 aliphatic heterocycles. The first kappa shape index (κ1) is 14.1. The minimum Gasteiger partial charge on any atom is -0.496 e. The summed E-state index contributed by atoms with van der Waals surface area (Å²) in [4.78, 5) is 12.6. The first-order valence-electron chi connectivity index (χ1n) is 7.19. The third-order valence-corrected chi connectivity index (χ3v) is 4.45. The average Bonchev–Trinajstić information content (AvgIpc) is 2.38. The van der Waals surface area contributed by atoms with Crippen molar-refractivity contribution in [2.24, 2.45) is 11.3 Å². The van der Waals surface area contributed by atoms with Crippen LogP contribution in [0.25, 0.3) is 0 Å². The molecule has 0 saturated heterocycles. The minimum absolute atomic E-state index is 0.150. The fourth-order valence-electron chi connectivity index (χ4n) is 3.25. The highest BCUT2D eigenvalue weighted by atomic mass is 16.5. The van der Waals surface area contributed by atoms with E-state index in [2.05, 4.69) is 13.8 Å². The van der Waals surface area contributed by atoms with Crippen molar-refractivity contribution in [1.82, 2.24) is 0 Å². The van der Waals surface area contributed by atoms with E-state index in [1.807, 2.05) is 24.3 Å². The Hall–Kier alpha value is -1.31. The van der Waals surface area contributed by atoms with Crippen molar-refractivity contribution in [3.05, 3.63) is 29.8 Å². The number of ether oxygens (including phenoxy) is 1. The van der Waals surface area contributed by atoms with Crippen molar-refractivity contribution in [1.29, 1.82) is 0 Å². The number of hydrogen-bond acceptors (Lipinski definition) is 2. The molecular formula is C17H24O2. The van der Waals surface area contributed by atoms with Gasteiger partial charge in [0.05, 0.1) is 7.11 Å². The van der Waals surface area contributed by atoms with Crippen LogP contribution in [0, 0.1) is 11.3 Å². The number of carbonyl (C=O) groups is 1. The number of carbonyl (C=O) groups excluding carboxylic acids is 1. The number of benzene rings is 1. The molecule has 2 heteroatoms. The summed E-state index contributed by atoms with van der Waals surface area (Å²) in [5.41, 5.74) is 1.16. The largest absolute Gasteiger partial charge is 0.496 e. The summed E-state index contributed by atoms with van der Waals surface area (Å²) in [6, 6.07) is 7.83. The zero-order chi connectivity index (χ0) is 13.9. The third-order valence-electron chi connectivity index (χ3n) is 4.45. The minimum atomic E-state index is 0.150. The van der Waals surface area contributed by atoms with Crippen LogP contribution in [0.3, 0.4) is 0 Å². The van der Waals surface area contributed by atoms with Crippen LogP contribution in [-0.2, 0) is 11.2 Å². The third kappa shape index (κ3) is 3.17. The second kappa shape index (κ2) is 5.77. The van der Waals surface area contributed by atoms with E-state index in [1.165, 1.54) is 12.8 Å². The van der Waals surface area contributed by atoms with Gasteiger partial charge in [-0.15, -0.1) is 0 Å². The summed E-state index contributed by atoms with van der Waals surface area (Å²) in [7, 11) is 1.66. The van der Waals surface area contributed by atoms with Gasteiger partial charge in [0.1, 0.15) is 11.5 Å². The molecule has 2 rings (SSSR count). The molecule has 1 unspecified atom stereocenters. The van der Waals surface area contributed by atoms with E-state index in [-0.39, 0.29) is 11.3 Å². The molecule has 1 aromatic carbocycles. The summed E-state index contributed by atoms with van der Waals surface area (Å²) < 4.78 is 5.33. The molecule has 104 valence electrons. The second-order valence-electron chi connectivity index (χ2n) is 6.24. The van der Waals surface area contributed by atoms with Gasteiger partial charge in [-0.3, -0.25) is 4.79 Å². The van der Waals surface area contributed by atoms with E-state index >= 15 is 0 Å². The summed E-state index contributed by atoms with van der Waals surface area (Å²) in [5.74, 6) is 1.39. The van der Waals surface area contributed by atoms with Crippen LogP contribution in [0.5, 0.6) is 5.75 Å². The molecule has 0 amide bonds. The number of ketones is 1. The van der Waals surface area contributed by atoms with Crippen LogP contribution >= 0.6 is 0 Å². The number of Topliss-reactive ketones (excluding diaryl/α,β-unsaturated/α-hetero) is 1. The molecule has 19 heavy (non-hydrogen) atoms. The van der Waals surface area contributed by atoms with Crippen molar-refractivity contribution in [3.8, 4) is 5.75 Å². The zero-order valence-corrected chi connectivity index (χ0v) is 12.2. The number of rotatable bonds is 4. The Balaban J connectivity index is 2.12. The van der Waals surface area contributed by atoms with E-state index in [1.54, 1.807) is 7.11 Å². The van der Waals surface area contributed by atoms with Gasteiger partial charge in [0.25, 0.3) is 0 Å². The summed E-state index contributed by atoms with van der Waals surface area (Å²) in [5, 5.41) is 0. The topological polar surface area (TPSA) is 26.3 Å². The zero-order valence-electron chi connectivity index (χ0n) is 12.2. The predicted octanol–water partition coefficient (Wildman–Crippen LogP) is 4.02. The Labute approximate surface area is 116 Å². The highest BCUT2D eigenvalue weighted by Gasteiger charge is 2.36. The van der Waals surface area contributed by atoms with Crippen molar-refractivity contribution in [2.45, 2.75) is 46.0 Å². The van der Waals surface area contributed by atoms with Gasteiger partial charge in [-0.2, -0.15) is 0 Å². The van der Waals surface area contributed by atoms with Crippen molar-refractivity contribution < 1.29 is 9.53 Å². The summed E-state index contributed by atoms with van der Waals surface area (Å²) >= 11 is 0. The SMILES string of the molecule is COc1ccccc1CC(=O)C1CCCCC1(C)C. The average molecular weight is 260 g/mol. The molecule has 0 radical (unpaired) electrons. The lowest BCUT2D eigenvalue weighted by atomic mass is 9.66. The molecule has 1 saturated carbocycles. The summed E-state index contributed by atoms with van der Waals surface area (Å²) in [6.07, 6.45) is 5.14. The highest BCUT2D eigenvalue weighted by molar-refractivity contribution is 5.84. The number of para-hydroxylation sites is 1. The first-order chi connectivity index (χ1) is 9.04. The molecule has 0 heterocycles. The van der Waals surface area contributed by atoms with Gasteiger partial charge in [-0.05, 0) is 24.3 Å². The molecule has 0 spiro atoms. The van der Waals surface area contributed by atoms with E-state index in [0.717, 1.165) is 24.2 Å². The van der Waals surface area contributed by atoms with Gasteiger partial charge in [0, 0.05) is 17.9 Å². The van der Waals surface area contributed by atoms with Crippen LogP contribution in [0.4, 0.5) is 0 Å². The molecule has 0 aromatic heterocycles. The molecule has 1 fully saturated rings. The van der Waals surface area contributed by atoms with Crippen LogP contribution in [0.2, 0.25) is 0 Å². The van der Waals surface area contributed by atoms with E-state index in [4.69, 9.17) is 4.74 Å². The van der Waals surface area contributed by atoms with E-state index < -0.39 is 0 Å². The lowest BCUT2D eigenvalue weighted by molar-refractivity contribution is -0.127. The molecule has 1 atom stereocenters. The predicted molar refractivity (Wildman–Crippen MR) is 77.4 cm³/mol. The normalized spacial score (nSPS) is 21.9. The Kier molecular flexibility index (Phi) is 4.28. The maximum absolute atomic E-state index is 12.6. The molecule has 1 aromatic rings. The van der Waals surface area contributed by atoms with Crippen molar-refractivity contribution >= 4 is 5.78 Å². The Morgan fingerprint density at radius 2 is 2.05 bits per heavy atom. The van der Waals surface area contributed by atoms with Crippen LogP contribution in [0.15, 0.2) is 24.3 Å². The quantitative estimate of drug-likeness (QED) is 0.817. The smallest absolute Gasteiger partial charge is 0.141 e. The van der Waals surface area contributed by atoms with Crippen LogP contribution in [0.1, 0.15) is 45.1 Å². The van der Waals surface area contributed by atoms with Gasteiger partial charge in [0.2, 0.25) is 0 Å². The fourth-order valence-corrected chi connectivity index (χ4v) is 3.25. The monoisotopic (exact) mass is 260 g/mol. The van der Waals surface area contributed by atoms with Crippen molar-refractivity contribution in [2.75, 3.05) is 7.11 Å².